The van der Waals surface area contributed by atoms with Gasteiger partial charge in [-0.15, -0.1) is 11.6 Å². The highest BCUT2D eigenvalue weighted by Gasteiger charge is 2.21. The summed E-state index contributed by atoms with van der Waals surface area (Å²) in [5, 5.41) is 12.8. The fourth-order valence-electron chi connectivity index (χ4n) is 1.84. The van der Waals surface area contributed by atoms with Crippen molar-refractivity contribution in [2.24, 2.45) is 0 Å². The van der Waals surface area contributed by atoms with Crippen molar-refractivity contribution < 1.29 is 19.2 Å². The van der Waals surface area contributed by atoms with Crippen molar-refractivity contribution in [3.05, 3.63) is 33.4 Å². The summed E-state index contributed by atoms with van der Waals surface area (Å²) in [5.41, 5.74) is 1.05. The first-order chi connectivity index (χ1) is 9.49. The number of benzene rings is 1. The predicted molar refractivity (Wildman–Crippen MR) is 70.5 cm³/mol. The number of hydrogen-bond acceptors (Lipinski definition) is 5. The lowest BCUT2D eigenvalue weighted by Crippen LogP contribution is -2.29. The van der Waals surface area contributed by atoms with Gasteiger partial charge in [0.1, 0.15) is 11.1 Å². The summed E-state index contributed by atoms with van der Waals surface area (Å²) in [6.07, 6.45) is 0. The molecule has 0 bridgehead atoms. The van der Waals surface area contributed by atoms with E-state index in [9.17, 15) is 14.9 Å². The van der Waals surface area contributed by atoms with Crippen molar-refractivity contribution in [1.82, 2.24) is 5.32 Å². The summed E-state index contributed by atoms with van der Waals surface area (Å²) in [6.45, 7) is 1.98. The van der Waals surface area contributed by atoms with Crippen LogP contribution in [0, 0.1) is 10.1 Å². The van der Waals surface area contributed by atoms with Crippen molar-refractivity contribution in [3.8, 4) is 5.75 Å². The number of fused-ring (bicyclic) bond motifs is 1. The lowest BCUT2D eigenvalue weighted by Gasteiger charge is -2.20. The summed E-state index contributed by atoms with van der Waals surface area (Å²) in [4.78, 5) is 21.9. The van der Waals surface area contributed by atoms with E-state index in [0.29, 0.717) is 16.9 Å². The van der Waals surface area contributed by atoms with E-state index >= 15 is 0 Å². The molecule has 0 saturated heterocycles. The maximum Gasteiger partial charge on any atom is 0.270 e. The maximum absolute atomic E-state index is 11.5. The second kappa shape index (κ2) is 6.06. The second-order valence-corrected chi connectivity index (χ2v) is 4.95. The van der Waals surface area contributed by atoms with Gasteiger partial charge in [-0.2, -0.15) is 0 Å². The molecule has 1 aromatic carbocycles. The number of rotatable bonds is 4. The quantitative estimate of drug-likeness (QED) is 0.519. The number of nitro groups is 1. The molecule has 2 rings (SSSR count). The minimum atomic E-state index is -0.672. The zero-order valence-electron chi connectivity index (χ0n) is 10.7. The number of nitrogens with one attached hydrogen (secondary N) is 1. The average Bonchev–Trinajstić information content (AvgIpc) is 2.43. The number of halogens is 1. The molecule has 0 radical (unpaired) electrons. The molecule has 8 heteroatoms. The van der Waals surface area contributed by atoms with Crippen molar-refractivity contribution in [2.45, 2.75) is 25.5 Å². The molecular weight excluding hydrogens is 288 g/mol. The van der Waals surface area contributed by atoms with Gasteiger partial charge in [0.05, 0.1) is 11.5 Å². The third kappa shape index (κ3) is 3.17. The van der Waals surface area contributed by atoms with Crippen LogP contribution in [-0.4, -0.2) is 23.0 Å². The Bertz CT molecular complexity index is 547. The number of nitro benzene ring substituents is 1. The summed E-state index contributed by atoms with van der Waals surface area (Å²) in [7, 11) is 0. The highest BCUT2D eigenvalue weighted by atomic mass is 35.5. The molecule has 1 unspecified atom stereocenters. The van der Waals surface area contributed by atoms with Crippen LogP contribution in [-0.2, 0) is 22.7 Å². The average molecular weight is 301 g/mol. The molecule has 0 aromatic heterocycles. The van der Waals surface area contributed by atoms with Crippen LogP contribution in [0.5, 0.6) is 5.75 Å². The van der Waals surface area contributed by atoms with E-state index < -0.39 is 10.3 Å². The molecular formula is C12H13ClN2O5. The lowest BCUT2D eigenvalue weighted by atomic mass is 10.1. The Morgan fingerprint density at radius 2 is 2.35 bits per heavy atom. The van der Waals surface area contributed by atoms with Crippen LogP contribution < -0.4 is 10.1 Å². The summed E-state index contributed by atoms with van der Waals surface area (Å²) in [6, 6.07) is 2.79. The third-order valence-corrected chi connectivity index (χ3v) is 3.00. The van der Waals surface area contributed by atoms with E-state index in [0.717, 1.165) is 0 Å². The zero-order valence-corrected chi connectivity index (χ0v) is 11.5. The molecule has 1 amide bonds. The summed E-state index contributed by atoms with van der Waals surface area (Å²) < 4.78 is 10.4. The van der Waals surface area contributed by atoms with Crippen molar-refractivity contribution in [3.63, 3.8) is 0 Å². The van der Waals surface area contributed by atoms with Crippen LogP contribution in [0.15, 0.2) is 12.1 Å². The number of amides is 1. The van der Waals surface area contributed by atoms with Gasteiger partial charge < -0.3 is 14.8 Å². The SMILES string of the molecule is CC(Cl)C(=O)NCc1cc([N+](=O)[O-])cc2c1OCOC2. The van der Waals surface area contributed by atoms with Gasteiger partial charge in [-0.1, -0.05) is 0 Å². The van der Waals surface area contributed by atoms with Gasteiger partial charge in [-0.25, -0.2) is 0 Å². The Balaban J connectivity index is 2.27. The molecule has 7 nitrogen and oxygen atoms in total. The molecule has 1 aliphatic heterocycles. The predicted octanol–water partition coefficient (Wildman–Crippen LogP) is 1.70. The van der Waals surface area contributed by atoms with Crippen LogP contribution in [0.3, 0.4) is 0 Å². The molecule has 0 fully saturated rings. The number of non-ortho nitro benzene ring substituents is 1. The maximum atomic E-state index is 11.5. The molecule has 20 heavy (non-hydrogen) atoms. The first-order valence-electron chi connectivity index (χ1n) is 5.91. The molecule has 1 aromatic rings. The minimum absolute atomic E-state index is 0.0685. The molecule has 1 aliphatic rings. The van der Waals surface area contributed by atoms with E-state index in [4.69, 9.17) is 21.1 Å². The van der Waals surface area contributed by atoms with Crippen molar-refractivity contribution >= 4 is 23.2 Å². The fraction of sp³-hybridized carbons (Fsp3) is 0.417. The molecule has 0 spiro atoms. The monoisotopic (exact) mass is 300 g/mol. The normalized spacial score (nSPS) is 14.9. The van der Waals surface area contributed by atoms with E-state index in [-0.39, 0.29) is 31.5 Å². The number of nitrogens with zero attached hydrogens (tertiary/aromatic N) is 1. The van der Waals surface area contributed by atoms with Crippen LogP contribution in [0.2, 0.25) is 0 Å². The second-order valence-electron chi connectivity index (χ2n) is 4.29. The number of carbonyl (C=O) groups excluding carboxylic acids is 1. The van der Waals surface area contributed by atoms with Gasteiger partial charge in [0.15, 0.2) is 6.79 Å². The highest BCUT2D eigenvalue weighted by molar-refractivity contribution is 6.30. The van der Waals surface area contributed by atoms with Crippen LogP contribution in [0.25, 0.3) is 0 Å². The molecule has 0 aliphatic carbocycles. The number of alkyl halides is 1. The van der Waals surface area contributed by atoms with Gasteiger partial charge in [0, 0.05) is 29.8 Å². The summed E-state index contributed by atoms with van der Waals surface area (Å²) >= 11 is 5.65. The van der Waals surface area contributed by atoms with E-state index in [1.807, 2.05) is 0 Å². The summed E-state index contributed by atoms with van der Waals surface area (Å²) in [5.74, 6) is 0.170. The third-order valence-electron chi connectivity index (χ3n) is 2.80. The smallest absolute Gasteiger partial charge is 0.270 e. The largest absolute Gasteiger partial charge is 0.467 e. The molecule has 0 saturated carbocycles. The Hall–Kier alpha value is -1.86. The topological polar surface area (TPSA) is 90.7 Å². The Kier molecular flexibility index (Phi) is 4.41. The van der Waals surface area contributed by atoms with Crippen LogP contribution >= 0.6 is 11.6 Å². The first kappa shape index (κ1) is 14.5. The van der Waals surface area contributed by atoms with Crippen molar-refractivity contribution in [1.29, 1.82) is 0 Å². The number of ether oxygens (including phenoxy) is 2. The van der Waals surface area contributed by atoms with Gasteiger partial charge >= 0.3 is 0 Å². The highest BCUT2D eigenvalue weighted by Crippen LogP contribution is 2.32. The van der Waals surface area contributed by atoms with Crippen molar-refractivity contribution in [2.75, 3.05) is 6.79 Å². The van der Waals surface area contributed by atoms with Gasteiger partial charge in [-0.3, -0.25) is 14.9 Å². The van der Waals surface area contributed by atoms with E-state index in [1.54, 1.807) is 6.92 Å². The Morgan fingerprint density at radius 3 is 3.00 bits per heavy atom. The number of hydrogen-bond donors (Lipinski definition) is 1. The van der Waals surface area contributed by atoms with Crippen LogP contribution in [0.1, 0.15) is 18.1 Å². The zero-order chi connectivity index (χ0) is 14.7. The standard InChI is InChI=1S/C12H13ClN2O5/c1-7(13)12(16)14-4-8-2-10(15(17)18)3-9-5-19-6-20-11(8)9/h2-3,7H,4-6H2,1H3,(H,14,16). The lowest BCUT2D eigenvalue weighted by molar-refractivity contribution is -0.385. The van der Waals surface area contributed by atoms with Crippen LogP contribution in [0.4, 0.5) is 5.69 Å². The molecule has 1 heterocycles. The fourth-order valence-corrected chi connectivity index (χ4v) is 1.92. The Labute approximate surface area is 120 Å². The number of carbonyl (C=O) groups is 1. The molecule has 1 atom stereocenters. The van der Waals surface area contributed by atoms with E-state index in [1.165, 1.54) is 12.1 Å². The van der Waals surface area contributed by atoms with E-state index in [2.05, 4.69) is 5.32 Å². The van der Waals surface area contributed by atoms with Gasteiger partial charge in [-0.05, 0) is 6.92 Å². The minimum Gasteiger partial charge on any atom is -0.467 e. The molecule has 108 valence electrons. The molecule has 1 N–H and O–H groups in total. The Morgan fingerprint density at radius 1 is 1.60 bits per heavy atom. The van der Waals surface area contributed by atoms with Gasteiger partial charge in [0.25, 0.3) is 5.69 Å². The first-order valence-corrected chi connectivity index (χ1v) is 6.35. The van der Waals surface area contributed by atoms with Gasteiger partial charge in [0.2, 0.25) is 5.91 Å².